The topological polar surface area (TPSA) is 146 Å². The molecular formula is C37H40ClF2N5O7S. The zero-order valence-electron chi connectivity index (χ0n) is 29.5. The van der Waals surface area contributed by atoms with Crippen LogP contribution in [0.5, 0.6) is 0 Å². The van der Waals surface area contributed by atoms with E-state index in [1.54, 1.807) is 88.4 Å². The summed E-state index contributed by atoms with van der Waals surface area (Å²) in [5.41, 5.74) is 6.09. The summed E-state index contributed by atoms with van der Waals surface area (Å²) in [6.45, 7) is 5.47. The smallest absolute Gasteiger partial charge is 0.410 e. The number of alkyl halides is 2. The van der Waals surface area contributed by atoms with Crippen molar-refractivity contribution in [2.75, 3.05) is 23.7 Å². The van der Waals surface area contributed by atoms with Crippen molar-refractivity contribution >= 4 is 59.0 Å². The number of piperidine rings is 1. The van der Waals surface area contributed by atoms with Crippen molar-refractivity contribution in [2.24, 2.45) is 5.92 Å². The van der Waals surface area contributed by atoms with Gasteiger partial charge in [0.2, 0.25) is 5.91 Å². The molecule has 2 heterocycles. The molecule has 5 amide bonds. The molecule has 0 bridgehead atoms. The van der Waals surface area contributed by atoms with E-state index >= 15 is 0 Å². The first-order chi connectivity index (χ1) is 25.0. The highest BCUT2D eigenvalue weighted by Gasteiger charge is 2.45. The lowest BCUT2D eigenvalue weighted by atomic mass is 9.95. The number of rotatable bonds is 7. The molecule has 0 saturated carbocycles. The van der Waals surface area contributed by atoms with E-state index in [0.717, 1.165) is 10.5 Å². The van der Waals surface area contributed by atoms with Gasteiger partial charge in [-0.25, -0.2) is 18.4 Å². The number of fused-ring (bicyclic) bond motifs is 1. The minimum Gasteiger partial charge on any atom is -0.445 e. The van der Waals surface area contributed by atoms with Crippen LogP contribution >= 0.6 is 23.4 Å². The molecule has 3 aromatic carbocycles. The Kier molecular flexibility index (Phi) is 12.2. The third-order valence-corrected chi connectivity index (χ3v) is 9.69. The lowest BCUT2D eigenvalue weighted by Gasteiger charge is -2.36. The number of alkyl carbamates (subject to hydrolysis) is 1. The van der Waals surface area contributed by atoms with Crippen LogP contribution in [0.25, 0.3) is 0 Å². The Bertz CT molecular complexity index is 1860. The van der Waals surface area contributed by atoms with Crippen molar-refractivity contribution in [1.82, 2.24) is 21.1 Å². The number of nitrogens with zero attached hydrogens (tertiary/aromatic N) is 2. The molecule has 3 N–H and O–H groups in total. The van der Waals surface area contributed by atoms with Crippen LogP contribution < -0.4 is 21.1 Å². The molecule has 282 valence electrons. The number of hydrazine groups is 1. The number of ether oxygens (including phenoxy) is 2. The average molecular weight is 772 g/mol. The van der Waals surface area contributed by atoms with Crippen LogP contribution in [0.2, 0.25) is 5.02 Å². The van der Waals surface area contributed by atoms with Crippen LogP contribution in [-0.4, -0.2) is 71.2 Å². The summed E-state index contributed by atoms with van der Waals surface area (Å²) in [5, 5.41) is 3.16. The molecule has 0 aliphatic carbocycles. The van der Waals surface area contributed by atoms with Gasteiger partial charge in [0.05, 0.1) is 24.7 Å². The maximum absolute atomic E-state index is 14.7. The van der Waals surface area contributed by atoms with Gasteiger partial charge >= 0.3 is 12.2 Å². The minimum absolute atomic E-state index is 0.0666. The number of hydrogen-bond acceptors (Lipinski definition) is 8. The van der Waals surface area contributed by atoms with Gasteiger partial charge < -0.3 is 24.6 Å². The molecule has 2 aliphatic rings. The van der Waals surface area contributed by atoms with Gasteiger partial charge in [0.1, 0.15) is 18.2 Å². The van der Waals surface area contributed by atoms with Gasteiger partial charge in [-0.15, -0.1) is 11.8 Å². The molecule has 5 rings (SSSR count). The zero-order valence-corrected chi connectivity index (χ0v) is 31.1. The number of carbonyl (C=O) groups is 5. The van der Waals surface area contributed by atoms with E-state index in [2.05, 4.69) is 16.2 Å². The van der Waals surface area contributed by atoms with Crippen LogP contribution in [0.15, 0.2) is 71.6 Å². The Morgan fingerprint density at radius 3 is 2.38 bits per heavy atom. The standard InChI is InChI=1S/C37H40ClF2N5O7S/c1-22-14-30-29(45(17-23-10-12-26(38)13-11-23)33(48)28(20-53-30)41-34(49)52-36(2,3)4)15-27(22)32(47)43-42-31(46)25-16-37(39,40)21-44(18-25)35(50)51-19-24-8-6-5-7-9-24/h5-15,25,28H,16-21H2,1-4H3,(H,41,49)(H,42,46)(H,43,47)/t25?,28-/m0/s1. The first-order valence-electron chi connectivity index (χ1n) is 16.7. The molecule has 2 atom stereocenters. The Morgan fingerprint density at radius 2 is 1.70 bits per heavy atom. The van der Waals surface area contributed by atoms with E-state index in [1.807, 2.05) is 0 Å². The number of likely N-dealkylation sites (tertiary alicyclic amines) is 1. The normalized spacial score (nSPS) is 18.3. The highest BCUT2D eigenvalue weighted by atomic mass is 35.5. The molecule has 0 aromatic heterocycles. The van der Waals surface area contributed by atoms with Crippen LogP contribution in [0, 0.1) is 12.8 Å². The molecule has 2 aliphatic heterocycles. The summed E-state index contributed by atoms with van der Waals surface area (Å²) in [6.07, 6.45) is -2.59. The lowest BCUT2D eigenvalue weighted by molar-refractivity contribution is -0.136. The van der Waals surface area contributed by atoms with Crippen LogP contribution in [0.1, 0.15) is 54.2 Å². The summed E-state index contributed by atoms with van der Waals surface area (Å²) >= 11 is 7.39. The van der Waals surface area contributed by atoms with Gasteiger partial charge in [0.25, 0.3) is 17.7 Å². The number of halogens is 3. The van der Waals surface area contributed by atoms with E-state index in [0.29, 0.717) is 26.7 Å². The van der Waals surface area contributed by atoms with Gasteiger partial charge in [-0.1, -0.05) is 54.1 Å². The van der Waals surface area contributed by atoms with Crippen molar-refractivity contribution in [3.8, 4) is 0 Å². The SMILES string of the molecule is Cc1cc2c(cc1C(=O)NNC(=O)C1CN(C(=O)OCc3ccccc3)CC(F)(F)C1)N(Cc1ccc(Cl)cc1)C(=O)[C@@H](NC(=O)OC(C)(C)C)CS2. The summed E-state index contributed by atoms with van der Waals surface area (Å²) in [5.74, 6) is -6.70. The van der Waals surface area contributed by atoms with E-state index in [4.69, 9.17) is 21.1 Å². The number of hydrogen-bond donors (Lipinski definition) is 3. The molecule has 1 fully saturated rings. The lowest BCUT2D eigenvalue weighted by Crippen LogP contribution is -2.55. The largest absolute Gasteiger partial charge is 0.445 e. The number of carbonyl (C=O) groups excluding carboxylic acids is 5. The summed E-state index contributed by atoms with van der Waals surface area (Å²) < 4.78 is 40.0. The number of nitrogens with one attached hydrogen (secondary N) is 3. The number of benzene rings is 3. The van der Waals surface area contributed by atoms with E-state index in [-0.39, 0.29) is 31.0 Å². The van der Waals surface area contributed by atoms with Crippen LogP contribution in [0.3, 0.4) is 0 Å². The van der Waals surface area contributed by atoms with Crippen LogP contribution in [0.4, 0.5) is 24.1 Å². The molecule has 16 heteroatoms. The van der Waals surface area contributed by atoms with Crippen LogP contribution in [-0.2, 0) is 32.2 Å². The van der Waals surface area contributed by atoms with Gasteiger partial charge in [0.15, 0.2) is 0 Å². The van der Waals surface area contributed by atoms with Crippen molar-refractivity contribution in [1.29, 1.82) is 0 Å². The van der Waals surface area contributed by atoms with Crippen molar-refractivity contribution in [3.63, 3.8) is 0 Å². The molecule has 1 unspecified atom stereocenters. The second-order valence-electron chi connectivity index (χ2n) is 13.8. The summed E-state index contributed by atoms with van der Waals surface area (Å²) in [6, 6.07) is 17.8. The van der Waals surface area contributed by atoms with Gasteiger partial charge in [-0.2, -0.15) is 0 Å². The zero-order chi connectivity index (χ0) is 38.5. The summed E-state index contributed by atoms with van der Waals surface area (Å²) in [4.78, 5) is 68.9. The highest BCUT2D eigenvalue weighted by molar-refractivity contribution is 7.99. The Balaban J connectivity index is 1.31. The second kappa shape index (κ2) is 16.4. The monoisotopic (exact) mass is 771 g/mol. The number of thioether (sulfide) groups is 1. The fraction of sp³-hybridized carbons (Fsp3) is 0.378. The fourth-order valence-electron chi connectivity index (χ4n) is 5.79. The Labute approximate surface area is 314 Å². The maximum Gasteiger partial charge on any atom is 0.410 e. The number of aryl methyl sites for hydroxylation is 1. The molecule has 0 radical (unpaired) electrons. The maximum atomic E-state index is 14.7. The highest BCUT2D eigenvalue weighted by Crippen LogP contribution is 2.38. The molecule has 1 saturated heterocycles. The molecule has 12 nitrogen and oxygen atoms in total. The average Bonchev–Trinajstić information content (AvgIpc) is 3.20. The van der Waals surface area contributed by atoms with Crippen molar-refractivity contribution in [3.05, 3.63) is 94.0 Å². The van der Waals surface area contributed by atoms with Gasteiger partial charge in [-0.3, -0.25) is 25.2 Å². The number of anilines is 1. The molecule has 53 heavy (non-hydrogen) atoms. The third kappa shape index (κ3) is 10.6. The Hall–Kier alpha value is -4.89. The first kappa shape index (κ1) is 39.3. The Morgan fingerprint density at radius 1 is 1.00 bits per heavy atom. The minimum atomic E-state index is -3.38. The third-order valence-electron chi connectivity index (χ3n) is 8.30. The van der Waals surface area contributed by atoms with Gasteiger partial charge in [-0.05, 0) is 68.7 Å². The number of amides is 5. The first-order valence-corrected chi connectivity index (χ1v) is 18.1. The van der Waals surface area contributed by atoms with Crippen molar-refractivity contribution in [2.45, 2.75) is 69.7 Å². The van der Waals surface area contributed by atoms with E-state index in [9.17, 15) is 32.8 Å². The quantitative estimate of drug-likeness (QED) is 0.240. The van der Waals surface area contributed by atoms with Gasteiger partial charge in [0, 0.05) is 34.2 Å². The van der Waals surface area contributed by atoms with E-state index in [1.165, 1.54) is 22.7 Å². The molecule has 3 aromatic rings. The predicted molar refractivity (Wildman–Crippen MR) is 195 cm³/mol. The predicted octanol–water partition coefficient (Wildman–Crippen LogP) is 6.24. The molecule has 0 spiro atoms. The molecular weight excluding hydrogens is 732 g/mol. The summed E-state index contributed by atoms with van der Waals surface area (Å²) in [7, 11) is 0. The van der Waals surface area contributed by atoms with Crippen molar-refractivity contribution < 1.29 is 42.2 Å². The fourth-order valence-corrected chi connectivity index (χ4v) is 7.07. The van der Waals surface area contributed by atoms with E-state index < -0.39 is 66.4 Å². The second-order valence-corrected chi connectivity index (χ2v) is 15.3.